The van der Waals surface area contributed by atoms with Crippen molar-refractivity contribution >= 4 is 16.9 Å². The van der Waals surface area contributed by atoms with E-state index in [0.29, 0.717) is 6.42 Å². The molecule has 2 rings (SSSR count). The van der Waals surface area contributed by atoms with Crippen LogP contribution in [0.2, 0.25) is 0 Å². The number of nitrogens with two attached hydrogens (primary N) is 1. The minimum Gasteiger partial charge on any atom is -0.468 e. The first-order valence-electron chi connectivity index (χ1n) is 6.11. The van der Waals surface area contributed by atoms with Gasteiger partial charge in [0.05, 0.1) is 7.11 Å². The molecular formula is C14H18N2O2. The zero-order valence-corrected chi connectivity index (χ0v) is 10.5. The molecule has 18 heavy (non-hydrogen) atoms. The summed E-state index contributed by atoms with van der Waals surface area (Å²) in [5.41, 5.74) is 8.11. The summed E-state index contributed by atoms with van der Waals surface area (Å²) in [6, 6.07) is 7.68. The Bertz CT molecular complexity index is 533. The molecular weight excluding hydrogens is 228 g/mol. The molecule has 1 atom stereocenters. The van der Waals surface area contributed by atoms with E-state index in [4.69, 9.17) is 5.73 Å². The summed E-state index contributed by atoms with van der Waals surface area (Å²) in [4.78, 5) is 14.4. The van der Waals surface area contributed by atoms with Crippen molar-refractivity contribution in [3.63, 3.8) is 0 Å². The average Bonchev–Trinajstić information content (AvgIpc) is 2.81. The number of rotatable bonds is 5. The van der Waals surface area contributed by atoms with Crippen LogP contribution in [0.1, 0.15) is 18.4 Å². The second-order valence-electron chi connectivity index (χ2n) is 4.38. The fourth-order valence-corrected chi connectivity index (χ4v) is 2.12. The van der Waals surface area contributed by atoms with E-state index in [0.717, 1.165) is 18.4 Å². The van der Waals surface area contributed by atoms with Crippen molar-refractivity contribution in [1.82, 2.24) is 4.98 Å². The first kappa shape index (κ1) is 12.6. The number of para-hydroxylation sites is 1. The lowest BCUT2D eigenvalue weighted by atomic mass is 10.0. The fraction of sp³-hybridized carbons (Fsp3) is 0.357. The highest BCUT2D eigenvalue weighted by atomic mass is 16.5. The van der Waals surface area contributed by atoms with Crippen LogP contribution in [0.15, 0.2) is 30.5 Å². The summed E-state index contributed by atoms with van der Waals surface area (Å²) in [7, 11) is 1.36. The molecule has 0 spiro atoms. The Balaban J connectivity index is 1.93. The van der Waals surface area contributed by atoms with Gasteiger partial charge >= 0.3 is 5.97 Å². The molecule has 4 nitrogen and oxygen atoms in total. The molecule has 1 heterocycles. The Labute approximate surface area is 106 Å². The number of aromatic nitrogens is 1. The Morgan fingerprint density at radius 3 is 3.00 bits per heavy atom. The molecule has 4 heteroatoms. The van der Waals surface area contributed by atoms with Crippen LogP contribution in [0.3, 0.4) is 0 Å². The van der Waals surface area contributed by atoms with Crippen molar-refractivity contribution in [3.05, 3.63) is 36.0 Å². The zero-order chi connectivity index (χ0) is 13.0. The third-order valence-electron chi connectivity index (χ3n) is 3.14. The largest absolute Gasteiger partial charge is 0.468 e. The highest BCUT2D eigenvalue weighted by molar-refractivity contribution is 5.83. The maximum absolute atomic E-state index is 11.2. The molecule has 1 aromatic carbocycles. The van der Waals surface area contributed by atoms with Crippen LogP contribution in [0, 0.1) is 0 Å². The quantitative estimate of drug-likeness (QED) is 0.793. The fourth-order valence-electron chi connectivity index (χ4n) is 2.12. The molecule has 0 aliphatic carbocycles. The van der Waals surface area contributed by atoms with E-state index >= 15 is 0 Å². The van der Waals surface area contributed by atoms with Crippen LogP contribution in [-0.4, -0.2) is 24.1 Å². The number of aryl methyl sites for hydroxylation is 1. The minimum absolute atomic E-state index is 0.339. The minimum atomic E-state index is -0.514. The van der Waals surface area contributed by atoms with Crippen molar-refractivity contribution in [2.24, 2.45) is 5.73 Å². The molecule has 2 aromatic rings. The van der Waals surface area contributed by atoms with Gasteiger partial charge in [-0.1, -0.05) is 18.2 Å². The molecule has 0 aliphatic heterocycles. The average molecular weight is 246 g/mol. The molecule has 1 aromatic heterocycles. The number of H-pyrrole nitrogens is 1. The molecule has 3 N–H and O–H groups in total. The summed E-state index contributed by atoms with van der Waals surface area (Å²) in [5.74, 6) is -0.339. The van der Waals surface area contributed by atoms with Gasteiger partial charge in [-0.05, 0) is 30.9 Å². The number of carbonyl (C=O) groups is 1. The topological polar surface area (TPSA) is 68.1 Å². The highest BCUT2D eigenvalue weighted by Crippen LogP contribution is 2.19. The summed E-state index contributed by atoms with van der Waals surface area (Å²) in [5, 5.41) is 1.24. The van der Waals surface area contributed by atoms with E-state index in [-0.39, 0.29) is 5.97 Å². The lowest BCUT2D eigenvalue weighted by Crippen LogP contribution is -2.31. The molecule has 0 saturated heterocycles. The van der Waals surface area contributed by atoms with Crippen LogP contribution < -0.4 is 5.73 Å². The van der Waals surface area contributed by atoms with E-state index in [9.17, 15) is 4.79 Å². The Hall–Kier alpha value is -1.81. The number of methoxy groups -OCH3 is 1. The molecule has 0 bridgehead atoms. The van der Waals surface area contributed by atoms with Crippen molar-refractivity contribution in [2.45, 2.75) is 25.3 Å². The molecule has 0 fully saturated rings. The van der Waals surface area contributed by atoms with Gasteiger partial charge in [-0.2, -0.15) is 0 Å². The van der Waals surface area contributed by atoms with Gasteiger partial charge in [-0.3, -0.25) is 4.79 Å². The molecule has 0 aliphatic rings. The number of hydrogen-bond acceptors (Lipinski definition) is 3. The number of aromatic amines is 1. The SMILES string of the molecule is COC(=O)C(N)CCCc1c[nH]c2ccccc12. The lowest BCUT2D eigenvalue weighted by molar-refractivity contribution is -0.142. The normalized spacial score (nSPS) is 12.6. The maximum Gasteiger partial charge on any atom is 0.322 e. The second-order valence-corrected chi connectivity index (χ2v) is 4.38. The third-order valence-corrected chi connectivity index (χ3v) is 3.14. The second kappa shape index (κ2) is 5.69. The Morgan fingerprint density at radius 1 is 1.44 bits per heavy atom. The van der Waals surface area contributed by atoms with Gasteiger partial charge in [0.1, 0.15) is 6.04 Å². The number of ether oxygens (including phenoxy) is 1. The summed E-state index contributed by atoms with van der Waals surface area (Å²) in [6.07, 6.45) is 4.45. The van der Waals surface area contributed by atoms with E-state index in [1.54, 1.807) is 0 Å². The van der Waals surface area contributed by atoms with Gasteiger partial charge in [-0.15, -0.1) is 0 Å². The smallest absolute Gasteiger partial charge is 0.322 e. The Morgan fingerprint density at radius 2 is 2.22 bits per heavy atom. The predicted octanol–water partition coefficient (Wildman–Crippen LogP) is 1.99. The monoisotopic (exact) mass is 246 g/mol. The number of nitrogens with one attached hydrogen (secondary N) is 1. The van der Waals surface area contributed by atoms with E-state index < -0.39 is 6.04 Å². The van der Waals surface area contributed by atoms with Crippen LogP contribution >= 0.6 is 0 Å². The van der Waals surface area contributed by atoms with Crippen LogP contribution in [0.25, 0.3) is 10.9 Å². The standard InChI is InChI=1S/C14H18N2O2/c1-18-14(17)12(15)7-4-5-10-9-16-13-8-3-2-6-11(10)13/h2-3,6,8-9,12,16H,4-5,7,15H2,1H3. The summed E-state index contributed by atoms with van der Waals surface area (Å²) < 4.78 is 4.60. The Kier molecular flexibility index (Phi) is 3.99. The maximum atomic E-state index is 11.2. The van der Waals surface area contributed by atoms with Crippen molar-refractivity contribution in [3.8, 4) is 0 Å². The van der Waals surface area contributed by atoms with E-state index in [1.807, 2.05) is 18.3 Å². The highest BCUT2D eigenvalue weighted by Gasteiger charge is 2.13. The number of fused-ring (bicyclic) bond motifs is 1. The molecule has 0 radical (unpaired) electrons. The van der Waals surface area contributed by atoms with Crippen LogP contribution in [0.5, 0.6) is 0 Å². The first-order valence-corrected chi connectivity index (χ1v) is 6.11. The lowest BCUT2D eigenvalue weighted by Gasteiger charge is -2.08. The number of carbonyl (C=O) groups excluding carboxylic acids is 1. The van der Waals surface area contributed by atoms with Crippen molar-refractivity contribution in [1.29, 1.82) is 0 Å². The van der Waals surface area contributed by atoms with Crippen molar-refractivity contribution in [2.75, 3.05) is 7.11 Å². The molecule has 96 valence electrons. The van der Waals surface area contributed by atoms with Crippen LogP contribution in [-0.2, 0) is 16.0 Å². The number of benzene rings is 1. The van der Waals surface area contributed by atoms with Gasteiger partial charge in [0.25, 0.3) is 0 Å². The van der Waals surface area contributed by atoms with Gasteiger partial charge in [0, 0.05) is 17.1 Å². The van der Waals surface area contributed by atoms with Crippen LogP contribution in [0.4, 0.5) is 0 Å². The van der Waals surface area contributed by atoms with E-state index in [2.05, 4.69) is 21.9 Å². The summed E-state index contributed by atoms with van der Waals surface area (Å²) in [6.45, 7) is 0. The van der Waals surface area contributed by atoms with E-state index in [1.165, 1.54) is 18.1 Å². The summed E-state index contributed by atoms with van der Waals surface area (Å²) >= 11 is 0. The van der Waals surface area contributed by atoms with Gasteiger partial charge in [-0.25, -0.2) is 0 Å². The molecule has 1 unspecified atom stereocenters. The van der Waals surface area contributed by atoms with Gasteiger partial charge in [0.15, 0.2) is 0 Å². The number of hydrogen-bond donors (Lipinski definition) is 2. The predicted molar refractivity (Wildman–Crippen MR) is 71.2 cm³/mol. The molecule has 0 amide bonds. The first-order chi connectivity index (χ1) is 8.72. The third kappa shape index (κ3) is 2.71. The van der Waals surface area contributed by atoms with Crippen molar-refractivity contribution < 1.29 is 9.53 Å². The zero-order valence-electron chi connectivity index (χ0n) is 10.5. The van der Waals surface area contributed by atoms with Gasteiger partial charge < -0.3 is 15.5 Å². The number of esters is 1. The molecule has 0 saturated carbocycles. The van der Waals surface area contributed by atoms with Gasteiger partial charge in [0.2, 0.25) is 0 Å².